The van der Waals surface area contributed by atoms with Crippen molar-refractivity contribution in [3.8, 4) is 0 Å². The van der Waals surface area contributed by atoms with Gasteiger partial charge in [-0.25, -0.2) is 0 Å². The van der Waals surface area contributed by atoms with Crippen molar-refractivity contribution in [2.24, 2.45) is 5.92 Å². The summed E-state index contributed by atoms with van der Waals surface area (Å²) in [4.78, 5) is 25.8. The van der Waals surface area contributed by atoms with Gasteiger partial charge in [0.2, 0.25) is 5.91 Å². The standard InChI is InChI=1S/C24H17Cl5N2O2/c1-12-4-2-3-5-19(12)31-22(32)17-11-16(6-7-18(17)27)30-23(33)21-20(24(21,28)29)13-8-14(25)10-15(26)9-13/h2-11,20-21H,1H3,(H,30,33)(H,31,32)/t20-,21+/m1/s1. The van der Waals surface area contributed by atoms with Crippen molar-refractivity contribution in [1.29, 1.82) is 0 Å². The fourth-order valence-electron chi connectivity index (χ4n) is 3.72. The summed E-state index contributed by atoms with van der Waals surface area (Å²) >= 11 is 31.2. The number of carbonyl (C=O) groups excluding carboxylic acids is 2. The lowest BCUT2D eigenvalue weighted by molar-refractivity contribution is -0.117. The zero-order valence-corrected chi connectivity index (χ0v) is 20.9. The molecule has 170 valence electrons. The molecule has 2 N–H and O–H groups in total. The monoisotopic (exact) mass is 540 g/mol. The van der Waals surface area contributed by atoms with Crippen LogP contribution in [-0.2, 0) is 4.79 Å². The van der Waals surface area contributed by atoms with E-state index >= 15 is 0 Å². The number of aryl methyl sites for hydroxylation is 1. The van der Waals surface area contributed by atoms with E-state index in [1.807, 2.05) is 25.1 Å². The van der Waals surface area contributed by atoms with E-state index in [4.69, 9.17) is 58.0 Å². The zero-order valence-electron chi connectivity index (χ0n) is 17.1. The zero-order chi connectivity index (χ0) is 23.9. The minimum Gasteiger partial charge on any atom is -0.326 e. The molecule has 1 aliphatic carbocycles. The molecule has 2 amide bonds. The van der Waals surface area contributed by atoms with Crippen LogP contribution in [0, 0.1) is 12.8 Å². The van der Waals surface area contributed by atoms with Crippen LogP contribution in [0.1, 0.15) is 27.4 Å². The summed E-state index contributed by atoms with van der Waals surface area (Å²) in [6.07, 6.45) is 0. The lowest BCUT2D eigenvalue weighted by Crippen LogP contribution is -2.18. The van der Waals surface area contributed by atoms with Crippen LogP contribution in [0.25, 0.3) is 0 Å². The predicted octanol–water partition coefficient (Wildman–Crippen LogP) is 7.73. The molecule has 0 spiro atoms. The number of hydrogen-bond acceptors (Lipinski definition) is 2. The molecule has 4 nitrogen and oxygen atoms in total. The molecule has 0 bridgehead atoms. The molecule has 0 heterocycles. The second kappa shape index (κ2) is 9.36. The molecule has 3 aromatic rings. The Bertz CT molecular complexity index is 1240. The van der Waals surface area contributed by atoms with E-state index < -0.39 is 28.0 Å². The maximum atomic E-state index is 13.0. The molecule has 33 heavy (non-hydrogen) atoms. The molecule has 2 atom stereocenters. The lowest BCUT2D eigenvalue weighted by Gasteiger charge is -2.11. The van der Waals surface area contributed by atoms with Gasteiger partial charge in [-0.1, -0.05) is 53.0 Å². The molecule has 0 aliphatic heterocycles. The maximum absolute atomic E-state index is 13.0. The van der Waals surface area contributed by atoms with Crippen LogP contribution in [0.4, 0.5) is 11.4 Å². The molecule has 9 heteroatoms. The van der Waals surface area contributed by atoms with Gasteiger partial charge in [-0.05, 0) is 60.5 Å². The van der Waals surface area contributed by atoms with Gasteiger partial charge in [0.1, 0.15) is 4.33 Å². The summed E-state index contributed by atoms with van der Waals surface area (Å²) in [6.45, 7) is 1.89. The van der Waals surface area contributed by atoms with Crippen LogP contribution in [-0.4, -0.2) is 16.1 Å². The number of halogens is 5. The largest absolute Gasteiger partial charge is 0.326 e. The molecular formula is C24H17Cl5N2O2. The first-order chi connectivity index (χ1) is 15.6. The highest BCUT2D eigenvalue weighted by Crippen LogP contribution is 2.65. The first kappa shape index (κ1) is 24.2. The van der Waals surface area contributed by atoms with E-state index in [2.05, 4.69) is 10.6 Å². The van der Waals surface area contributed by atoms with Gasteiger partial charge in [-0.2, -0.15) is 0 Å². The summed E-state index contributed by atoms with van der Waals surface area (Å²) in [6, 6.07) is 17.0. The number of alkyl halides is 2. The number of amides is 2. The Morgan fingerprint density at radius 3 is 2.21 bits per heavy atom. The van der Waals surface area contributed by atoms with Crippen LogP contribution < -0.4 is 10.6 Å². The predicted molar refractivity (Wildman–Crippen MR) is 136 cm³/mol. The van der Waals surface area contributed by atoms with E-state index in [1.165, 1.54) is 6.07 Å². The summed E-state index contributed by atoms with van der Waals surface area (Å²) in [5, 5.41) is 6.71. The number of hydrogen-bond donors (Lipinski definition) is 2. The van der Waals surface area contributed by atoms with Gasteiger partial charge in [-0.15, -0.1) is 23.2 Å². The van der Waals surface area contributed by atoms with Gasteiger partial charge >= 0.3 is 0 Å². The highest BCUT2D eigenvalue weighted by Gasteiger charge is 2.67. The van der Waals surface area contributed by atoms with Gasteiger partial charge in [0.05, 0.1) is 16.5 Å². The Hall–Kier alpha value is -1.95. The number of para-hydroxylation sites is 1. The van der Waals surface area contributed by atoms with Crippen molar-refractivity contribution in [2.75, 3.05) is 10.6 Å². The Labute approximate surface area is 216 Å². The van der Waals surface area contributed by atoms with Crippen molar-refractivity contribution in [1.82, 2.24) is 0 Å². The van der Waals surface area contributed by atoms with Crippen LogP contribution in [0.2, 0.25) is 15.1 Å². The molecule has 0 saturated heterocycles. The second-order valence-corrected chi connectivity index (χ2v) is 10.5. The second-order valence-electron chi connectivity index (χ2n) is 7.79. The lowest BCUT2D eigenvalue weighted by atomic mass is 10.1. The minimum atomic E-state index is -1.31. The van der Waals surface area contributed by atoms with Crippen LogP contribution in [0.15, 0.2) is 60.7 Å². The molecule has 1 aliphatic rings. The number of carbonyl (C=O) groups is 2. The summed E-state index contributed by atoms with van der Waals surface area (Å²) in [5.74, 6) is -2.00. The van der Waals surface area contributed by atoms with E-state index in [9.17, 15) is 9.59 Å². The minimum absolute atomic E-state index is 0.217. The Kier molecular flexibility index (Phi) is 6.86. The van der Waals surface area contributed by atoms with Crippen molar-refractivity contribution >= 4 is 81.2 Å². The normalized spacial score (nSPS) is 18.5. The first-order valence-electron chi connectivity index (χ1n) is 9.89. The topological polar surface area (TPSA) is 58.2 Å². The number of nitrogens with one attached hydrogen (secondary N) is 2. The van der Waals surface area contributed by atoms with Crippen LogP contribution >= 0.6 is 58.0 Å². The third-order valence-corrected chi connectivity index (χ3v) is 7.16. The fourth-order valence-corrected chi connectivity index (χ4v) is 5.30. The van der Waals surface area contributed by atoms with Gasteiger partial charge in [0.25, 0.3) is 5.91 Å². The van der Waals surface area contributed by atoms with Gasteiger partial charge in [0.15, 0.2) is 0 Å². The van der Waals surface area contributed by atoms with Gasteiger partial charge in [-0.3, -0.25) is 9.59 Å². The summed E-state index contributed by atoms with van der Waals surface area (Å²) in [7, 11) is 0. The van der Waals surface area contributed by atoms with Crippen molar-refractivity contribution in [3.05, 3.63) is 92.4 Å². The third-order valence-electron chi connectivity index (χ3n) is 5.45. The first-order valence-corrected chi connectivity index (χ1v) is 11.8. The quantitative estimate of drug-likeness (QED) is 0.324. The number of benzene rings is 3. The van der Waals surface area contributed by atoms with Crippen molar-refractivity contribution < 1.29 is 9.59 Å². The average molecular weight is 543 g/mol. The molecule has 1 saturated carbocycles. The summed E-state index contributed by atoms with van der Waals surface area (Å²) < 4.78 is -1.31. The number of anilines is 2. The van der Waals surface area contributed by atoms with E-state index in [0.717, 1.165) is 5.56 Å². The SMILES string of the molecule is Cc1ccccc1NC(=O)c1cc(NC(=O)[C@@H]2[C@@H](c3cc(Cl)cc(Cl)c3)C2(Cl)Cl)ccc1Cl. The molecule has 4 rings (SSSR count). The summed E-state index contributed by atoms with van der Waals surface area (Å²) in [5.41, 5.74) is 2.86. The van der Waals surface area contributed by atoms with Gasteiger partial charge < -0.3 is 10.6 Å². The van der Waals surface area contributed by atoms with Crippen molar-refractivity contribution in [3.63, 3.8) is 0 Å². The Morgan fingerprint density at radius 2 is 1.55 bits per heavy atom. The smallest absolute Gasteiger partial charge is 0.257 e. The average Bonchev–Trinajstić information content (AvgIpc) is 3.32. The molecule has 0 radical (unpaired) electrons. The molecule has 0 aromatic heterocycles. The van der Waals surface area contributed by atoms with E-state index in [-0.39, 0.29) is 10.6 Å². The Morgan fingerprint density at radius 1 is 0.879 bits per heavy atom. The van der Waals surface area contributed by atoms with Crippen molar-refractivity contribution in [2.45, 2.75) is 17.2 Å². The molecule has 0 unspecified atom stereocenters. The maximum Gasteiger partial charge on any atom is 0.257 e. The molecule has 1 fully saturated rings. The highest BCUT2D eigenvalue weighted by molar-refractivity contribution is 6.53. The van der Waals surface area contributed by atoms with E-state index in [0.29, 0.717) is 27.0 Å². The molecular weight excluding hydrogens is 526 g/mol. The third kappa shape index (κ3) is 5.11. The highest BCUT2D eigenvalue weighted by atomic mass is 35.5. The fraction of sp³-hybridized carbons (Fsp3) is 0.167. The van der Waals surface area contributed by atoms with Crippen LogP contribution in [0.5, 0.6) is 0 Å². The Balaban J connectivity index is 1.52. The van der Waals surface area contributed by atoms with Crippen LogP contribution in [0.3, 0.4) is 0 Å². The van der Waals surface area contributed by atoms with Gasteiger partial charge in [0, 0.05) is 27.3 Å². The molecule has 3 aromatic carbocycles. The number of rotatable bonds is 5. The van der Waals surface area contributed by atoms with E-state index in [1.54, 1.807) is 36.4 Å².